The summed E-state index contributed by atoms with van der Waals surface area (Å²) in [5.41, 5.74) is 5.77. The van der Waals surface area contributed by atoms with Crippen LogP contribution in [-0.2, 0) is 22.4 Å². The Labute approximate surface area is 174 Å². The van der Waals surface area contributed by atoms with E-state index in [-0.39, 0.29) is 12.6 Å². The van der Waals surface area contributed by atoms with Gasteiger partial charge < -0.3 is 4.74 Å². The van der Waals surface area contributed by atoms with Crippen molar-refractivity contribution in [2.24, 2.45) is 0 Å². The predicted octanol–water partition coefficient (Wildman–Crippen LogP) is 6.25. The monoisotopic (exact) mass is 408 g/mol. The van der Waals surface area contributed by atoms with Crippen LogP contribution in [0.15, 0.2) is 72.8 Å². The van der Waals surface area contributed by atoms with Crippen LogP contribution in [0.2, 0.25) is 10.0 Å². The minimum absolute atomic E-state index is 0.274. The second kappa shape index (κ2) is 8.22. The summed E-state index contributed by atoms with van der Waals surface area (Å²) in [5.74, 6) is -0.274. The molecule has 0 radical (unpaired) electrons. The number of carbonyl (C=O) groups excluding carboxylic acids is 1. The lowest BCUT2D eigenvalue weighted by Crippen LogP contribution is -2.03. The molecular weight excluding hydrogens is 391 g/mol. The fraction of sp³-hybridized carbons (Fsp3) is 0.125. The van der Waals surface area contributed by atoms with Crippen LogP contribution in [0.25, 0.3) is 11.1 Å². The van der Waals surface area contributed by atoms with Crippen LogP contribution < -0.4 is 0 Å². The van der Waals surface area contributed by atoms with Gasteiger partial charge in [-0.3, -0.25) is 0 Å². The molecule has 1 aliphatic rings. The Morgan fingerprint density at radius 3 is 2.14 bits per heavy atom. The lowest BCUT2D eigenvalue weighted by Gasteiger charge is -2.11. The van der Waals surface area contributed by atoms with Gasteiger partial charge in [0.15, 0.2) is 0 Å². The second-order valence-electron chi connectivity index (χ2n) is 6.72. The number of hydrogen-bond acceptors (Lipinski definition) is 2. The summed E-state index contributed by atoms with van der Waals surface area (Å²) in [6, 6.07) is 23.4. The van der Waals surface area contributed by atoms with Gasteiger partial charge in [-0.05, 0) is 59.4 Å². The van der Waals surface area contributed by atoms with Crippen molar-refractivity contribution >= 4 is 40.3 Å². The average molecular weight is 409 g/mol. The number of halogens is 2. The largest absolute Gasteiger partial charge is 0.457 e. The van der Waals surface area contributed by atoms with Crippen LogP contribution in [0.5, 0.6) is 0 Å². The molecule has 3 aromatic carbocycles. The third kappa shape index (κ3) is 3.99. The van der Waals surface area contributed by atoms with E-state index < -0.39 is 0 Å². The van der Waals surface area contributed by atoms with Crippen LogP contribution >= 0.6 is 23.2 Å². The lowest BCUT2D eigenvalue weighted by atomic mass is 9.91. The zero-order chi connectivity index (χ0) is 19.5. The molecule has 0 saturated heterocycles. The Balaban J connectivity index is 1.69. The molecule has 4 rings (SSSR count). The van der Waals surface area contributed by atoms with Crippen LogP contribution in [0.4, 0.5) is 0 Å². The van der Waals surface area contributed by atoms with E-state index in [9.17, 15) is 4.79 Å². The van der Waals surface area contributed by atoms with Crippen molar-refractivity contribution in [1.82, 2.24) is 0 Å². The molecule has 0 amide bonds. The first kappa shape index (κ1) is 18.8. The molecule has 0 fully saturated rings. The number of hydrogen-bond donors (Lipinski definition) is 0. The number of aryl methyl sites for hydroxylation is 2. The normalized spacial score (nSPS) is 13.7. The fourth-order valence-corrected chi connectivity index (χ4v) is 3.72. The minimum atomic E-state index is -0.274. The van der Waals surface area contributed by atoms with E-state index in [1.54, 1.807) is 0 Å². The van der Waals surface area contributed by atoms with Gasteiger partial charge in [0.25, 0.3) is 0 Å². The molecule has 1 heterocycles. The maximum atomic E-state index is 12.6. The Hall–Kier alpha value is -2.55. The topological polar surface area (TPSA) is 26.3 Å². The molecule has 0 saturated carbocycles. The number of ether oxygens (including phenoxy) is 1. The summed E-state index contributed by atoms with van der Waals surface area (Å²) in [4.78, 5) is 12.6. The van der Waals surface area contributed by atoms with Gasteiger partial charge in [-0.15, -0.1) is 0 Å². The zero-order valence-corrected chi connectivity index (χ0v) is 16.6. The van der Waals surface area contributed by atoms with Gasteiger partial charge in [-0.2, -0.15) is 0 Å². The molecule has 28 heavy (non-hydrogen) atoms. The number of rotatable bonds is 5. The third-order valence-corrected chi connectivity index (χ3v) is 5.43. The van der Waals surface area contributed by atoms with E-state index >= 15 is 0 Å². The van der Waals surface area contributed by atoms with Gasteiger partial charge in [0.1, 0.15) is 6.61 Å². The first-order valence-electron chi connectivity index (χ1n) is 9.11. The Bertz CT molecular complexity index is 1030. The number of carbonyl (C=O) groups is 1. The summed E-state index contributed by atoms with van der Waals surface area (Å²) < 4.78 is 5.39. The maximum absolute atomic E-state index is 12.6. The number of esters is 1. The molecule has 0 N–H and O–H groups in total. The summed E-state index contributed by atoms with van der Waals surface area (Å²) in [7, 11) is 0. The zero-order valence-electron chi connectivity index (χ0n) is 15.1. The predicted molar refractivity (Wildman–Crippen MR) is 115 cm³/mol. The molecule has 2 nitrogen and oxygen atoms in total. The average Bonchev–Trinajstić information content (AvgIpc) is 3.09. The van der Waals surface area contributed by atoms with Crippen molar-refractivity contribution < 1.29 is 9.53 Å². The van der Waals surface area contributed by atoms with Gasteiger partial charge in [-0.1, -0.05) is 71.7 Å². The van der Waals surface area contributed by atoms with Crippen molar-refractivity contribution in [3.8, 4) is 0 Å². The minimum Gasteiger partial charge on any atom is -0.457 e. The van der Waals surface area contributed by atoms with Gasteiger partial charge in [0.05, 0.1) is 5.57 Å². The third-order valence-electron chi connectivity index (χ3n) is 4.93. The van der Waals surface area contributed by atoms with Crippen LogP contribution in [0, 0.1) is 0 Å². The van der Waals surface area contributed by atoms with Gasteiger partial charge in [-0.25, -0.2) is 4.79 Å². The van der Waals surface area contributed by atoms with Crippen molar-refractivity contribution in [2.45, 2.75) is 12.8 Å². The molecule has 0 atom stereocenters. The van der Waals surface area contributed by atoms with E-state index in [1.165, 1.54) is 5.56 Å². The fourth-order valence-electron chi connectivity index (χ4n) is 3.47. The molecule has 0 unspecified atom stereocenters. The molecule has 0 bridgehead atoms. The second-order valence-corrected chi connectivity index (χ2v) is 7.59. The van der Waals surface area contributed by atoms with Gasteiger partial charge in [0, 0.05) is 15.6 Å². The number of benzene rings is 3. The first-order chi connectivity index (χ1) is 13.6. The Morgan fingerprint density at radius 2 is 1.43 bits per heavy atom. The molecule has 1 aliphatic heterocycles. The first-order valence-corrected chi connectivity index (χ1v) is 9.86. The van der Waals surface area contributed by atoms with E-state index in [0.29, 0.717) is 10.6 Å². The Morgan fingerprint density at radius 1 is 0.786 bits per heavy atom. The van der Waals surface area contributed by atoms with Gasteiger partial charge in [0.2, 0.25) is 0 Å². The number of cyclic esters (lactones) is 1. The molecule has 3 aromatic rings. The van der Waals surface area contributed by atoms with Crippen molar-refractivity contribution in [3.63, 3.8) is 0 Å². The lowest BCUT2D eigenvalue weighted by molar-refractivity contribution is -0.133. The highest BCUT2D eigenvalue weighted by atomic mass is 35.5. The highest BCUT2D eigenvalue weighted by Gasteiger charge is 2.28. The molecule has 0 spiro atoms. The van der Waals surface area contributed by atoms with Gasteiger partial charge >= 0.3 is 5.97 Å². The van der Waals surface area contributed by atoms with Crippen molar-refractivity contribution in [1.29, 1.82) is 0 Å². The molecule has 140 valence electrons. The standard InChI is InChI=1S/C24H18Cl2O2/c25-19-11-6-16(7-12-19)5-8-17-3-1-2-4-21(17)23-22(15-28-24(23)27)18-9-13-20(26)14-10-18/h1-4,6-7,9-14H,5,8,15H2. The molecule has 4 heteroatoms. The van der Waals surface area contributed by atoms with E-state index in [0.717, 1.165) is 40.1 Å². The Kier molecular flexibility index (Phi) is 5.52. The van der Waals surface area contributed by atoms with Crippen molar-refractivity contribution in [2.75, 3.05) is 6.61 Å². The quantitative estimate of drug-likeness (QED) is 0.466. The van der Waals surface area contributed by atoms with Crippen LogP contribution in [0.1, 0.15) is 22.3 Å². The van der Waals surface area contributed by atoms with E-state index in [1.807, 2.05) is 66.7 Å². The highest BCUT2D eigenvalue weighted by Crippen LogP contribution is 2.35. The van der Waals surface area contributed by atoms with E-state index in [2.05, 4.69) is 6.07 Å². The van der Waals surface area contributed by atoms with Crippen LogP contribution in [0.3, 0.4) is 0 Å². The summed E-state index contributed by atoms with van der Waals surface area (Å²) in [5, 5.41) is 1.40. The summed E-state index contributed by atoms with van der Waals surface area (Å²) >= 11 is 12.0. The van der Waals surface area contributed by atoms with Crippen molar-refractivity contribution in [3.05, 3.63) is 105 Å². The SMILES string of the molecule is O=C1OCC(c2ccc(Cl)cc2)=C1c1ccccc1CCc1ccc(Cl)cc1. The smallest absolute Gasteiger partial charge is 0.339 e. The summed E-state index contributed by atoms with van der Waals surface area (Å²) in [6.45, 7) is 0.279. The molecular formula is C24H18Cl2O2. The highest BCUT2D eigenvalue weighted by molar-refractivity contribution is 6.31. The van der Waals surface area contributed by atoms with Crippen LogP contribution in [-0.4, -0.2) is 12.6 Å². The molecule has 0 aromatic heterocycles. The molecule has 0 aliphatic carbocycles. The van der Waals surface area contributed by atoms with E-state index in [4.69, 9.17) is 27.9 Å². The maximum Gasteiger partial charge on any atom is 0.339 e. The summed E-state index contributed by atoms with van der Waals surface area (Å²) in [6.07, 6.45) is 1.69.